The minimum absolute atomic E-state index is 0.205. The van der Waals surface area contributed by atoms with Crippen molar-refractivity contribution in [3.63, 3.8) is 0 Å². The lowest BCUT2D eigenvalue weighted by Crippen LogP contribution is -2.52. The zero-order valence-corrected chi connectivity index (χ0v) is 12.1. The summed E-state index contributed by atoms with van der Waals surface area (Å²) in [6.45, 7) is 9.71. The third-order valence-corrected chi connectivity index (χ3v) is 4.36. The topological polar surface area (TPSA) is 29.5 Å². The first-order valence-electron chi connectivity index (χ1n) is 6.98. The van der Waals surface area contributed by atoms with Crippen molar-refractivity contribution in [3.8, 4) is 0 Å². The molecule has 3 heteroatoms. The van der Waals surface area contributed by atoms with Gasteiger partial charge in [-0.1, -0.05) is 26.0 Å². The molecule has 1 fully saturated rings. The lowest BCUT2D eigenvalue weighted by atomic mass is 9.85. The number of hydrogen-bond donors (Lipinski definition) is 0. The smallest absolute Gasteiger partial charge is 0.237 e. The monoisotopic (exact) mass is 259 g/mol. The van der Waals surface area contributed by atoms with Crippen LogP contribution >= 0.6 is 0 Å². The van der Waals surface area contributed by atoms with Crippen molar-refractivity contribution in [2.75, 3.05) is 18.1 Å². The van der Waals surface area contributed by atoms with Crippen molar-refractivity contribution in [1.29, 1.82) is 0 Å². The van der Waals surface area contributed by atoms with Crippen LogP contribution in [0.1, 0.15) is 44.7 Å². The number of carbonyl (C=O) groups excluding carboxylic acids is 1. The van der Waals surface area contributed by atoms with Crippen LogP contribution in [-0.4, -0.2) is 25.2 Å². The van der Waals surface area contributed by atoms with Gasteiger partial charge >= 0.3 is 0 Å². The van der Waals surface area contributed by atoms with Crippen LogP contribution in [0, 0.1) is 0 Å². The minimum atomic E-state index is -0.416. The average molecular weight is 259 g/mol. The summed E-state index contributed by atoms with van der Waals surface area (Å²) in [7, 11) is 0. The van der Waals surface area contributed by atoms with Crippen LogP contribution in [0.5, 0.6) is 0 Å². The first-order valence-corrected chi connectivity index (χ1v) is 6.98. The molecule has 1 aromatic carbocycles. The van der Waals surface area contributed by atoms with Gasteiger partial charge in [-0.15, -0.1) is 0 Å². The molecule has 1 amide bonds. The van der Waals surface area contributed by atoms with Crippen LogP contribution in [0.15, 0.2) is 18.2 Å². The van der Waals surface area contributed by atoms with Gasteiger partial charge in [0.1, 0.15) is 0 Å². The summed E-state index contributed by atoms with van der Waals surface area (Å²) >= 11 is 0. The Kier molecular flexibility index (Phi) is 2.72. The molecular formula is C16H21NO2. The van der Waals surface area contributed by atoms with E-state index >= 15 is 0 Å². The molecule has 102 valence electrons. The highest BCUT2D eigenvalue weighted by molar-refractivity contribution is 6.08. The van der Waals surface area contributed by atoms with E-state index in [1.165, 1.54) is 5.56 Å². The number of hydrogen-bond acceptors (Lipinski definition) is 2. The molecule has 3 nitrogen and oxygen atoms in total. The molecule has 0 N–H and O–H groups in total. The van der Waals surface area contributed by atoms with Crippen LogP contribution in [-0.2, 0) is 14.9 Å². The van der Waals surface area contributed by atoms with Gasteiger partial charge in [0.25, 0.3) is 0 Å². The molecule has 1 saturated heterocycles. The van der Waals surface area contributed by atoms with Crippen molar-refractivity contribution in [3.05, 3.63) is 29.3 Å². The van der Waals surface area contributed by atoms with Crippen molar-refractivity contribution < 1.29 is 9.53 Å². The molecular weight excluding hydrogens is 238 g/mol. The van der Waals surface area contributed by atoms with Gasteiger partial charge in [0.05, 0.1) is 24.7 Å². The first-order chi connectivity index (χ1) is 8.93. The zero-order valence-electron chi connectivity index (χ0n) is 12.1. The number of amides is 1. The number of nitrogens with zero attached hydrogens (tertiary/aromatic N) is 1. The van der Waals surface area contributed by atoms with E-state index in [4.69, 9.17) is 4.74 Å². The molecule has 0 unspecified atom stereocenters. The molecule has 0 radical (unpaired) electrons. The summed E-state index contributed by atoms with van der Waals surface area (Å²) in [5.74, 6) is 0.681. The predicted molar refractivity (Wildman–Crippen MR) is 75.7 cm³/mol. The SMILES string of the molecule is CC(C)c1ccc2c(c1)N(C1COC1)C(=O)C2(C)C. The van der Waals surface area contributed by atoms with E-state index in [9.17, 15) is 4.79 Å². The van der Waals surface area contributed by atoms with Crippen LogP contribution in [0.2, 0.25) is 0 Å². The number of anilines is 1. The van der Waals surface area contributed by atoms with Gasteiger partial charge in [0, 0.05) is 5.69 Å². The Morgan fingerprint density at radius 2 is 2.00 bits per heavy atom. The summed E-state index contributed by atoms with van der Waals surface area (Å²) in [6, 6.07) is 6.68. The lowest BCUT2D eigenvalue weighted by molar-refractivity contribution is -0.124. The number of fused-ring (bicyclic) bond motifs is 1. The molecule has 0 aliphatic carbocycles. The van der Waals surface area contributed by atoms with Gasteiger partial charge in [-0.05, 0) is 37.0 Å². The van der Waals surface area contributed by atoms with E-state index in [1.807, 2.05) is 18.7 Å². The third-order valence-electron chi connectivity index (χ3n) is 4.36. The van der Waals surface area contributed by atoms with E-state index in [1.54, 1.807) is 0 Å². The van der Waals surface area contributed by atoms with Gasteiger partial charge in [-0.25, -0.2) is 0 Å². The van der Waals surface area contributed by atoms with E-state index in [-0.39, 0.29) is 11.9 Å². The van der Waals surface area contributed by atoms with E-state index in [0.29, 0.717) is 19.1 Å². The van der Waals surface area contributed by atoms with Crippen LogP contribution in [0.4, 0.5) is 5.69 Å². The molecule has 2 aliphatic rings. The molecule has 0 bridgehead atoms. The fourth-order valence-corrected chi connectivity index (χ4v) is 2.90. The second-order valence-corrected chi connectivity index (χ2v) is 6.42. The minimum Gasteiger partial charge on any atom is -0.377 e. The Bertz CT molecular complexity index is 530. The Labute approximate surface area is 114 Å². The second-order valence-electron chi connectivity index (χ2n) is 6.42. The van der Waals surface area contributed by atoms with E-state index < -0.39 is 5.41 Å². The highest BCUT2D eigenvalue weighted by atomic mass is 16.5. The number of carbonyl (C=O) groups is 1. The standard InChI is InChI=1S/C16H21NO2/c1-10(2)11-5-6-13-14(7-11)17(12-8-19-9-12)15(18)16(13,3)4/h5-7,10,12H,8-9H2,1-4H3. The largest absolute Gasteiger partial charge is 0.377 e. The zero-order chi connectivity index (χ0) is 13.8. The Balaban J connectivity index is 2.11. The van der Waals surface area contributed by atoms with Crippen molar-refractivity contribution >= 4 is 11.6 Å². The van der Waals surface area contributed by atoms with Gasteiger partial charge in [0.2, 0.25) is 5.91 Å². The summed E-state index contributed by atoms with van der Waals surface area (Å²) in [5.41, 5.74) is 3.11. The van der Waals surface area contributed by atoms with Gasteiger partial charge < -0.3 is 9.64 Å². The highest BCUT2D eigenvalue weighted by Gasteiger charge is 2.47. The van der Waals surface area contributed by atoms with Gasteiger partial charge in [-0.2, -0.15) is 0 Å². The summed E-state index contributed by atoms with van der Waals surface area (Å²) in [4.78, 5) is 14.6. The molecule has 1 aromatic rings. The van der Waals surface area contributed by atoms with E-state index in [2.05, 4.69) is 32.0 Å². The van der Waals surface area contributed by atoms with Crippen molar-refractivity contribution in [2.24, 2.45) is 0 Å². The number of ether oxygens (including phenoxy) is 1. The highest BCUT2D eigenvalue weighted by Crippen LogP contribution is 2.44. The fraction of sp³-hybridized carbons (Fsp3) is 0.562. The number of benzene rings is 1. The second kappa shape index (κ2) is 4.07. The van der Waals surface area contributed by atoms with Crippen LogP contribution in [0.25, 0.3) is 0 Å². The van der Waals surface area contributed by atoms with Gasteiger partial charge in [0.15, 0.2) is 0 Å². The average Bonchev–Trinajstić information content (AvgIpc) is 2.48. The molecule has 3 rings (SSSR count). The fourth-order valence-electron chi connectivity index (χ4n) is 2.90. The van der Waals surface area contributed by atoms with Crippen molar-refractivity contribution in [1.82, 2.24) is 0 Å². The van der Waals surface area contributed by atoms with Crippen LogP contribution < -0.4 is 4.90 Å². The summed E-state index contributed by atoms with van der Waals surface area (Å²) in [5, 5.41) is 0. The molecule has 2 aliphatic heterocycles. The molecule has 0 aromatic heterocycles. The summed E-state index contributed by atoms with van der Waals surface area (Å²) < 4.78 is 5.26. The molecule has 0 spiro atoms. The Morgan fingerprint density at radius 1 is 1.32 bits per heavy atom. The number of rotatable bonds is 2. The molecule has 0 atom stereocenters. The quantitative estimate of drug-likeness (QED) is 0.817. The third kappa shape index (κ3) is 1.71. The molecule has 2 heterocycles. The van der Waals surface area contributed by atoms with E-state index in [0.717, 1.165) is 11.3 Å². The maximum Gasteiger partial charge on any atom is 0.237 e. The lowest BCUT2D eigenvalue weighted by Gasteiger charge is -2.35. The van der Waals surface area contributed by atoms with Gasteiger partial charge in [-0.3, -0.25) is 4.79 Å². The predicted octanol–water partition coefficient (Wildman–Crippen LogP) is 2.83. The Hall–Kier alpha value is -1.35. The summed E-state index contributed by atoms with van der Waals surface area (Å²) in [6.07, 6.45) is 0. The van der Waals surface area contributed by atoms with Crippen molar-refractivity contribution in [2.45, 2.75) is 45.1 Å². The maximum atomic E-state index is 12.7. The maximum absolute atomic E-state index is 12.7. The normalized spacial score (nSPS) is 21.7. The molecule has 0 saturated carbocycles. The van der Waals surface area contributed by atoms with Crippen LogP contribution in [0.3, 0.4) is 0 Å². The first kappa shape index (κ1) is 12.7. The Morgan fingerprint density at radius 3 is 2.53 bits per heavy atom. The molecule has 19 heavy (non-hydrogen) atoms.